The van der Waals surface area contributed by atoms with Crippen LogP contribution in [-0.4, -0.2) is 34.3 Å². The average Bonchev–Trinajstić information content (AvgIpc) is 2.77. The number of hydrogen-bond donors (Lipinski definition) is 0. The first-order valence-corrected chi connectivity index (χ1v) is 5.89. The maximum Gasteiger partial charge on any atom is 0.0564 e. The minimum atomic E-state index is 0.583. The van der Waals surface area contributed by atoms with Crippen LogP contribution in [0.3, 0.4) is 0 Å². The third kappa shape index (κ3) is 2.40. The summed E-state index contributed by atoms with van der Waals surface area (Å²) in [5.41, 5.74) is 1.34. The SMILES string of the molecule is CC(C)c1cnn(CC2CCCN2C)c1. The standard InChI is InChI=1S/C12H21N3/c1-10(2)11-7-13-15(8-11)9-12-5-4-6-14(12)3/h7-8,10,12H,4-6,9H2,1-3H3. The van der Waals surface area contributed by atoms with Gasteiger partial charge in [-0.15, -0.1) is 0 Å². The number of likely N-dealkylation sites (tertiary alicyclic amines) is 1. The van der Waals surface area contributed by atoms with Gasteiger partial charge in [0.1, 0.15) is 0 Å². The highest BCUT2D eigenvalue weighted by Gasteiger charge is 2.21. The summed E-state index contributed by atoms with van der Waals surface area (Å²) in [5, 5.41) is 4.43. The number of hydrogen-bond acceptors (Lipinski definition) is 2. The number of likely N-dealkylation sites (N-methyl/N-ethyl adjacent to an activating group) is 1. The van der Waals surface area contributed by atoms with Crippen molar-refractivity contribution in [2.24, 2.45) is 0 Å². The van der Waals surface area contributed by atoms with Crippen molar-refractivity contribution in [3.63, 3.8) is 0 Å². The topological polar surface area (TPSA) is 21.1 Å². The Bertz CT molecular complexity index is 316. The van der Waals surface area contributed by atoms with Crippen LogP contribution in [-0.2, 0) is 6.54 Å². The molecule has 1 unspecified atom stereocenters. The average molecular weight is 207 g/mol. The monoisotopic (exact) mass is 207 g/mol. The zero-order valence-electron chi connectivity index (χ0n) is 9.98. The van der Waals surface area contributed by atoms with Gasteiger partial charge in [-0.2, -0.15) is 5.10 Å². The van der Waals surface area contributed by atoms with Crippen molar-refractivity contribution >= 4 is 0 Å². The van der Waals surface area contributed by atoms with E-state index >= 15 is 0 Å². The van der Waals surface area contributed by atoms with Crippen molar-refractivity contribution in [2.45, 2.75) is 45.2 Å². The summed E-state index contributed by atoms with van der Waals surface area (Å²) in [4.78, 5) is 2.44. The minimum Gasteiger partial charge on any atom is -0.302 e. The van der Waals surface area contributed by atoms with E-state index in [1.807, 2.05) is 6.20 Å². The summed E-state index contributed by atoms with van der Waals surface area (Å²) in [5.74, 6) is 0.583. The number of aromatic nitrogens is 2. The van der Waals surface area contributed by atoms with Crippen LogP contribution in [0.2, 0.25) is 0 Å². The van der Waals surface area contributed by atoms with Crippen molar-refractivity contribution in [2.75, 3.05) is 13.6 Å². The fraction of sp³-hybridized carbons (Fsp3) is 0.750. The lowest BCUT2D eigenvalue weighted by Crippen LogP contribution is -2.29. The number of nitrogens with zero attached hydrogens (tertiary/aromatic N) is 3. The third-order valence-electron chi connectivity index (χ3n) is 3.39. The van der Waals surface area contributed by atoms with Crippen LogP contribution in [0.4, 0.5) is 0 Å². The Hall–Kier alpha value is -0.830. The Balaban J connectivity index is 1.98. The van der Waals surface area contributed by atoms with Crippen molar-refractivity contribution < 1.29 is 0 Å². The molecule has 84 valence electrons. The Morgan fingerprint density at radius 3 is 2.87 bits per heavy atom. The lowest BCUT2D eigenvalue weighted by Gasteiger charge is -2.18. The zero-order valence-corrected chi connectivity index (χ0v) is 9.98. The van der Waals surface area contributed by atoms with Gasteiger partial charge in [0.2, 0.25) is 0 Å². The van der Waals surface area contributed by atoms with E-state index in [0.717, 1.165) is 6.54 Å². The molecule has 0 bridgehead atoms. The molecule has 0 spiro atoms. The van der Waals surface area contributed by atoms with Crippen LogP contribution in [0, 0.1) is 0 Å². The Labute approximate surface area is 92.1 Å². The normalized spacial score (nSPS) is 22.8. The van der Waals surface area contributed by atoms with Crippen molar-refractivity contribution in [1.29, 1.82) is 0 Å². The molecule has 0 saturated carbocycles. The highest BCUT2D eigenvalue weighted by atomic mass is 15.3. The second-order valence-corrected chi connectivity index (χ2v) is 4.93. The highest BCUT2D eigenvalue weighted by Crippen LogP contribution is 2.18. The quantitative estimate of drug-likeness (QED) is 0.757. The van der Waals surface area contributed by atoms with Crippen LogP contribution in [0.1, 0.15) is 38.2 Å². The zero-order chi connectivity index (χ0) is 10.8. The van der Waals surface area contributed by atoms with Gasteiger partial charge in [-0.1, -0.05) is 13.8 Å². The molecule has 0 N–H and O–H groups in total. The van der Waals surface area contributed by atoms with Gasteiger partial charge in [0, 0.05) is 12.2 Å². The molecule has 1 aliphatic heterocycles. The van der Waals surface area contributed by atoms with E-state index in [9.17, 15) is 0 Å². The van der Waals surface area contributed by atoms with Gasteiger partial charge in [-0.3, -0.25) is 4.68 Å². The molecule has 1 fully saturated rings. The van der Waals surface area contributed by atoms with E-state index in [4.69, 9.17) is 0 Å². The molecule has 1 aromatic heterocycles. The van der Waals surface area contributed by atoms with Gasteiger partial charge in [0.05, 0.1) is 12.7 Å². The van der Waals surface area contributed by atoms with Gasteiger partial charge in [-0.25, -0.2) is 0 Å². The third-order valence-corrected chi connectivity index (χ3v) is 3.39. The molecule has 15 heavy (non-hydrogen) atoms. The van der Waals surface area contributed by atoms with Crippen molar-refractivity contribution in [1.82, 2.24) is 14.7 Å². The van der Waals surface area contributed by atoms with Gasteiger partial charge in [0.25, 0.3) is 0 Å². The second-order valence-electron chi connectivity index (χ2n) is 4.93. The van der Waals surface area contributed by atoms with Crippen molar-refractivity contribution in [3.8, 4) is 0 Å². The van der Waals surface area contributed by atoms with E-state index < -0.39 is 0 Å². The predicted octanol–water partition coefficient (Wildman–Crippen LogP) is 2.10. The molecule has 0 aromatic carbocycles. The molecule has 2 heterocycles. The molecule has 1 atom stereocenters. The molecule has 3 heteroatoms. The maximum atomic E-state index is 4.43. The minimum absolute atomic E-state index is 0.583. The molecular formula is C12H21N3. The first-order chi connectivity index (χ1) is 7.16. The van der Waals surface area contributed by atoms with E-state index in [1.165, 1.54) is 24.9 Å². The van der Waals surface area contributed by atoms with Crippen LogP contribution in [0.15, 0.2) is 12.4 Å². The van der Waals surface area contributed by atoms with Crippen LogP contribution < -0.4 is 0 Å². The molecule has 3 nitrogen and oxygen atoms in total. The van der Waals surface area contributed by atoms with Crippen LogP contribution >= 0.6 is 0 Å². The van der Waals surface area contributed by atoms with E-state index in [-0.39, 0.29) is 0 Å². The molecule has 0 radical (unpaired) electrons. The molecule has 0 aliphatic carbocycles. The predicted molar refractivity (Wildman–Crippen MR) is 62.0 cm³/mol. The van der Waals surface area contributed by atoms with Crippen molar-refractivity contribution in [3.05, 3.63) is 18.0 Å². The molecular weight excluding hydrogens is 186 g/mol. The second kappa shape index (κ2) is 4.35. The lowest BCUT2D eigenvalue weighted by molar-refractivity contribution is 0.274. The summed E-state index contributed by atoms with van der Waals surface area (Å²) >= 11 is 0. The molecule has 1 aromatic rings. The highest BCUT2D eigenvalue weighted by molar-refractivity contribution is 5.08. The maximum absolute atomic E-state index is 4.43. The Morgan fingerprint density at radius 1 is 1.53 bits per heavy atom. The molecule has 0 amide bonds. The summed E-state index contributed by atoms with van der Waals surface area (Å²) < 4.78 is 2.10. The fourth-order valence-electron chi connectivity index (χ4n) is 2.20. The van der Waals surface area contributed by atoms with E-state index in [0.29, 0.717) is 12.0 Å². The number of rotatable bonds is 3. The first-order valence-electron chi connectivity index (χ1n) is 5.89. The summed E-state index contributed by atoms with van der Waals surface area (Å²) in [6, 6.07) is 0.685. The molecule has 2 rings (SSSR count). The van der Waals surface area contributed by atoms with Crippen LogP contribution in [0.25, 0.3) is 0 Å². The fourth-order valence-corrected chi connectivity index (χ4v) is 2.20. The van der Waals surface area contributed by atoms with Gasteiger partial charge in [0.15, 0.2) is 0 Å². The van der Waals surface area contributed by atoms with Gasteiger partial charge >= 0.3 is 0 Å². The van der Waals surface area contributed by atoms with Gasteiger partial charge < -0.3 is 4.90 Å². The van der Waals surface area contributed by atoms with E-state index in [2.05, 4.69) is 41.8 Å². The largest absolute Gasteiger partial charge is 0.302 e. The van der Waals surface area contributed by atoms with Crippen LogP contribution in [0.5, 0.6) is 0 Å². The van der Waals surface area contributed by atoms with E-state index in [1.54, 1.807) is 0 Å². The first kappa shape index (κ1) is 10.7. The lowest BCUT2D eigenvalue weighted by atomic mass is 10.1. The summed E-state index contributed by atoms with van der Waals surface area (Å²) in [6.07, 6.45) is 6.84. The molecule has 1 saturated heterocycles. The summed E-state index contributed by atoms with van der Waals surface area (Å²) in [6.45, 7) is 6.71. The molecule has 1 aliphatic rings. The van der Waals surface area contributed by atoms with Gasteiger partial charge in [-0.05, 0) is 37.9 Å². The Morgan fingerprint density at radius 2 is 2.33 bits per heavy atom. The smallest absolute Gasteiger partial charge is 0.0564 e. The Kier molecular flexibility index (Phi) is 3.10. The summed E-state index contributed by atoms with van der Waals surface area (Å²) in [7, 11) is 2.21.